The zero-order valence-corrected chi connectivity index (χ0v) is 17.6. The van der Waals surface area contributed by atoms with Crippen LogP contribution < -0.4 is 11.1 Å². The SMILES string of the molecule is Cc1c(C(=O)O)c(C)n(C(C(N)=O)N2CCOCC2)c1C=C1C(=O)Nc2ccc(F)cc21. The molecule has 0 bridgehead atoms. The molecule has 0 spiro atoms. The molecule has 168 valence electrons. The van der Waals surface area contributed by atoms with Gasteiger partial charge in [0.15, 0.2) is 6.17 Å². The number of benzene rings is 1. The molecule has 32 heavy (non-hydrogen) atoms. The second kappa shape index (κ2) is 8.21. The van der Waals surface area contributed by atoms with Gasteiger partial charge in [0.2, 0.25) is 0 Å². The molecule has 2 amide bonds. The number of carboxylic acids is 1. The number of anilines is 1. The Morgan fingerprint density at radius 3 is 2.59 bits per heavy atom. The van der Waals surface area contributed by atoms with Crippen LogP contribution in [0.4, 0.5) is 10.1 Å². The van der Waals surface area contributed by atoms with Gasteiger partial charge in [-0.1, -0.05) is 0 Å². The summed E-state index contributed by atoms with van der Waals surface area (Å²) in [4.78, 5) is 39.0. The molecule has 10 heteroatoms. The van der Waals surface area contributed by atoms with Crippen molar-refractivity contribution in [1.29, 1.82) is 0 Å². The van der Waals surface area contributed by atoms with Crippen LogP contribution in [-0.2, 0) is 14.3 Å². The molecule has 1 aromatic carbocycles. The summed E-state index contributed by atoms with van der Waals surface area (Å²) in [7, 11) is 0. The lowest BCUT2D eigenvalue weighted by Crippen LogP contribution is -2.47. The topological polar surface area (TPSA) is 127 Å². The van der Waals surface area contributed by atoms with Gasteiger partial charge in [0.1, 0.15) is 5.82 Å². The van der Waals surface area contributed by atoms with E-state index in [0.717, 1.165) is 0 Å². The van der Waals surface area contributed by atoms with Crippen LogP contribution in [0.1, 0.15) is 39.0 Å². The number of halogens is 1. The normalized spacial score (nSPS) is 18.5. The van der Waals surface area contributed by atoms with E-state index in [1.807, 2.05) is 4.90 Å². The number of hydrogen-bond acceptors (Lipinski definition) is 5. The number of morpholine rings is 1. The monoisotopic (exact) mass is 442 g/mol. The molecule has 1 atom stereocenters. The van der Waals surface area contributed by atoms with Gasteiger partial charge in [-0.25, -0.2) is 9.18 Å². The number of ether oxygens (including phenoxy) is 1. The van der Waals surface area contributed by atoms with Crippen molar-refractivity contribution >= 4 is 35.1 Å². The number of rotatable bonds is 5. The van der Waals surface area contributed by atoms with Gasteiger partial charge in [-0.3, -0.25) is 14.5 Å². The van der Waals surface area contributed by atoms with Crippen molar-refractivity contribution in [2.24, 2.45) is 5.73 Å². The van der Waals surface area contributed by atoms with Crippen molar-refractivity contribution in [3.63, 3.8) is 0 Å². The molecule has 2 aliphatic rings. The number of carboxylic acid groups (broad SMARTS) is 1. The number of carbonyl (C=O) groups is 3. The lowest BCUT2D eigenvalue weighted by Gasteiger charge is -2.34. The Morgan fingerprint density at radius 2 is 1.97 bits per heavy atom. The summed E-state index contributed by atoms with van der Waals surface area (Å²) in [5.74, 6) is -2.78. The van der Waals surface area contributed by atoms with Crippen molar-refractivity contribution in [2.45, 2.75) is 20.0 Å². The Bertz CT molecular complexity index is 1160. The summed E-state index contributed by atoms with van der Waals surface area (Å²) in [6, 6.07) is 3.94. The molecular weight excluding hydrogens is 419 g/mol. The Kier molecular flexibility index (Phi) is 5.57. The van der Waals surface area contributed by atoms with Gasteiger partial charge in [-0.2, -0.15) is 0 Å². The molecule has 1 saturated heterocycles. The van der Waals surface area contributed by atoms with Crippen LogP contribution in [0.15, 0.2) is 18.2 Å². The molecule has 0 saturated carbocycles. The van der Waals surface area contributed by atoms with Crippen LogP contribution in [0.2, 0.25) is 0 Å². The van der Waals surface area contributed by atoms with Crippen LogP contribution >= 0.6 is 0 Å². The van der Waals surface area contributed by atoms with Crippen molar-refractivity contribution < 1.29 is 28.6 Å². The first-order valence-electron chi connectivity index (χ1n) is 10.1. The quantitative estimate of drug-likeness (QED) is 0.606. The van der Waals surface area contributed by atoms with E-state index in [1.54, 1.807) is 18.4 Å². The summed E-state index contributed by atoms with van der Waals surface area (Å²) in [6.07, 6.45) is 0.514. The van der Waals surface area contributed by atoms with Gasteiger partial charge >= 0.3 is 5.97 Å². The first kappa shape index (κ1) is 21.7. The second-order valence-electron chi connectivity index (χ2n) is 7.77. The highest BCUT2D eigenvalue weighted by Crippen LogP contribution is 2.36. The van der Waals surface area contributed by atoms with E-state index in [0.29, 0.717) is 54.5 Å². The predicted octanol–water partition coefficient (Wildman–Crippen LogP) is 1.75. The molecule has 1 fully saturated rings. The third kappa shape index (κ3) is 3.57. The first-order chi connectivity index (χ1) is 15.2. The maximum absolute atomic E-state index is 13.9. The standard InChI is InChI=1S/C22H23FN4O5/c1-11-17(10-15-14-9-13(23)3-4-16(14)25-20(15)29)27(12(2)18(11)22(30)31)21(19(24)28)26-5-7-32-8-6-26/h3-4,9-10,21H,5-8H2,1-2H3,(H2,24,28)(H,25,29)(H,30,31). The average molecular weight is 442 g/mol. The Morgan fingerprint density at radius 1 is 1.28 bits per heavy atom. The summed E-state index contributed by atoms with van der Waals surface area (Å²) >= 11 is 0. The molecule has 0 aliphatic carbocycles. The van der Waals surface area contributed by atoms with Crippen LogP contribution in [0.25, 0.3) is 11.6 Å². The molecule has 1 unspecified atom stereocenters. The first-order valence-corrected chi connectivity index (χ1v) is 10.1. The second-order valence-corrected chi connectivity index (χ2v) is 7.77. The van der Waals surface area contributed by atoms with Crippen molar-refractivity contribution in [1.82, 2.24) is 9.47 Å². The average Bonchev–Trinajstić information content (AvgIpc) is 3.17. The van der Waals surface area contributed by atoms with Gasteiger partial charge in [-0.15, -0.1) is 0 Å². The summed E-state index contributed by atoms with van der Waals surface area (Å²) in [5, 5.41) is 12.5. The zero-order valence-electron chi connectivity index (χ0n) is 17.6. The lowest BCUT2D eigenvalue weighted by molar-refractivity contribution is -0.129. The van der Waals surface area contributed by atoms with Gasteiger partial charge in [-0.05, 0) is 43.7 Å². The summed E-state index contributed by atoms with van der Waals surface area (Å²) in [5.41, 5.74) is 7.82. The van der Waals surface area contributed by atoms with Crippen molar-refractivity contribution in [2.75, 3.05) is 31.6 Å². The lowest BCUT2D eigenvalue weighted by atomic mass is 10.0. The smallest absolute Gasteiger partial charge is 0.337 e. The molecule has 4 rings (SSSR count). The maximum Gasteiger partial charge on any atom is 0.337 e. The van der Waals surface area contributed by atoms with E-state index in [9.17, 15) is 23.9 Å². The Balaban J connectivity index is 1.95. The van der Waals surface area contributed by atoms with E-state index in [4.69, 9.17) is 10.5 Å². The van der Waals surface area contributed by atoms with E-state index in [2.05, 4.69) is 5.32 Å². The van der Waals surface area contributed by atoms with Gasteiger partial charge < -0.3 is 25.5 Å². The number of nitrogens with two attached hydrogens (primary N) is 1. The Labute approximate surface area is 183 Å². The van der Waals surface area contributed by atoms with Crippen molar-refractivity contribution in [3.05, 3.63) is 52.1 Å². The number of carbonyl (C=O) groups excluding carboxylic acids is 2. The fourth-order valence-electron chi connectivity index (χ4n) is 4.42. The highest BCUT2D eigenvalue weighted by Gasteiger charge is 2.34. The minimum Gasteiger partial charge on any atom is -0.478 e. The molecule has 0 radical (unpaired) electrons. The fraction of sp³-hybridized carbons (Fsp3) is 0.318. The number of amides is 2. The maximum atomic E-state index is 13.9. The number of nitrogens with one attached hydrogen (secondary N) is 1. The summed E-state index contributed by atoms with van der Waals surface area (Å²) < 4.78 is 20.8. The van der Waals surface area contributed by atoms with Crippen molar-refractivity contribution in [3.8, 4) is 0 Å². The molecule has 4 N–H and O–H groups in total. The van der Waals surface area contributed by atoms with E-state index in [1.165, 1.54) is 24.3 Å². The molecular formula is C22H23FN4O5. The molecule has 2 aromatic rings. The number of fused-ring (bicyclic) bond motifs is 1. The van der Waals surface area contributed by atoms with Crippen LogP contribution in [0.3, 0.4) is 0 Å². The van der Waals surface area contributed by atoms with E-state index >= 15 is 0 Å². The number of nitrogens with zero attached hydrogens (tertiary/aromatic N) is 2. The number of aromatic nitrogens is 1. The van der Waals surface area contributed by atoms with Crippen LogP contribution in [0.5, 0.6) is 0 Å². The number of primary amides is 1. The van der Waals surface area contributed by atoms with Gasteiger partial charge in [0, 0.05) is 35.7 Å². The molecule has 2 aliphatic heterocycles. The summed E-state index contributed by atoms with van der Waals surface area (Å²) in [6.45, 7) is 4.86. The highest BCUT2D eigenvalue weighted by atomic mass is 19.1. The third-order valence-electron chi connectivity index (χ3n) is 5.89. The minimum atomic E-state index is -1.16. The third-order valence-corrected chi connectivity index (χ3v) is 5.89. The van der Waals surface area contributed by atoms with E-state index in [-0.39, 0.29) is 11.1 Å². The van der Waals surface area contributed by atoms with E-state index < -0.39 is 29.8 Å². The predicted molar refractivity (Wildman–Crippen MR) is 114 cm³/mol. The molecule has 9 nitrogen and oxygen atoms in total. The minimum absolute atomic E-state index is 0.0224. The molecule has 1 aromatic heterocycles. The highest BCUT2D eigenvalue weighted by molar-refractivity contribution is 6.35. The zero-order chi connectivity index (χ0) is 23.2. The fourth-order valence-corrected chi connectivity index (χ4v) is 4.42. The van der Waals surface area contributed by atoms with Crippen LogP contribution in [-0.4, -0.2) is 58.7 Å². The van der Waals surface area contributed by atoms with Gasteiger partial charge in [0.05, 0.1) is 24.4 Å². The largest absolute Gasteiger partial charge is 0.478 e. The van der Waals surface area contributed by atoms with Crippen LogP contribution in [0, 0.1) is 19.7 Å². The van der Waals surface area contributed by atoms with Gasteiger partial charge in [0.25, 0.3) is 11.8 Å². The number of aromatic carboxylic acids is 1. The number of hydrogen-bond donors (Lipinski definition) is 3. The molecule has 3 heterocycles. The Hall–Kier alpha value is -3.50.